The largest absolute Gasteiger partial charge is 0.486 e. The molecule has 1 atom stereocenters. The van der Waals surface area contributed by atoms with Crippen molar-refractivity contribution in [3.05, 3.63) is 53.3 Å². The van der Waals surface area contributed by atoms with E-state index >= 15 is 0 Å². The van der Waals surface area contributed by atoms with Gasteiger partial charge in [0, 0.05) is 5.69 Å². The van der Waals surface area contributed by atoms with Gasteiger partial charge in [-0.05, 0) is 36.8 Å². The van der Waals surface area contributed by atoms with Crippen LogP contribution in [0.15, 0.2) is 36.4 Å². The number of hydrogen-bond acceptors (Lipinski definition) is 4. The summed E-state index contributed by atoms with van der Waals surface area (Å²) >= 11 is 0. The van der Waals surface area contributed by atoms with E-state index in [-0.39, 0.29) is 0 Å². The molecule has 0 radical (unpaired) electrons. The van der Waals surface area contributed by atoms with Gasteiger partial charge >= 0.3 is 0 Å². The van der Waals surface area contributed by atoms with Crippen LogP contribution >= 0.6 is 0 Å². The number of rotatable bonds is 2. The molecule has 1 aliphatic rings. The highest BCUT2D eigenvalue weighted by atomic mass is 16.6. The first-order chi connectivity index (χ1) is 9.24. The minimum atomic E-state index is -0.754. The fraction of sp³-hybridized carbons (Fsp3) is 0.267. The number of pyridine rings is 1. The average molecular weight is 257 g/mol. The van der Waals surface area contributed by atoms with E-state index in [0.29, 0.717) is 24.7 Å². The second-order valence-electron chi connectivity index (χ2n) is 4.51. The number of aromatic nitrogens is 1. The molecule has 1 aromatic heterocycles. The Bertz CT molecular complexity index is 598. The van der Waals surface area contributed by atoms with Crippen molar-refractivity contribution in [2.75, 3.05) is 13.2 Å². The third kappa shape index (κ3) is 2.39. The number of hydrogen-bond donors (Lipinski definition) is 1. The smallest absolute Gasteiger partial charge is 0.161 e. The molecule has 2 aromatic rings. The topological polar surface area (TPSA) is 51.6 Å². The normalized spacial score (nSPS) is 15.1. The van der Waals surface area contributed by atoms with Gasteiger partial charge in [-0.25, -0.2) is 0 Å². The van der Waals surface area contributed by atoms with Crippen LogP contribution in [-0.2, 0) is 0 Å². The molecule has 4 heteroatoms. The fourth-order valence-electron chi connectivity index (χ4n) is 2.12. The Labute approximate surface area is 111 Å². The molecule has 1 N–H and O–H groups in total. The van der Waals surface area contributed by atoms with Crippen LogP contribution in [0.2, 0.25) is 0 Å². The lowest BCUT2D eigenvalue weighted by atomic mass is 10.0. The molecule has 3 rings (SSSR count). The van der Waals surface area contributed by atoms with Crippen LogP contribution in [-0.4, -0.2) is 23.3 Å². The summed E-state index contributed by atoms with van der Waals surface area (Å²) in [6.07, 6.45) is -0.754. The van der Waals surface area contributed by atoms with Crippen molar-refractivity contribution in [2.24, 2.45) is 0 Å². The first-order valence-corrected chi connectivity index (χ1v) is 6.25. The van der Waals surface area contributed by atoms with E-state index in [1.54, 1.807) is 0 Å². The summed E-state index contributed by atoms with van der Waals surface area (Å²) in [5.41, 5.74) is 2.27. The fourth-order valence-corrected chi connectivity index (χ4v) is 2.12. The van der Waals surface area contributed by atoms with Crippen molar-refractivity contribution < 1.29 is 14.6 Å². The van der Waals surface area contributed by atoms with Gasteiger partial charge in [-0.1, -0.05) is 12.1 Å². The maximum atomic E-state index is 10.4. The summed E-state index contributed by atoms with van der Waals surface area (Å²) in [4.78, 5) is 4.34. The molecule has 19 heavy (non-hydrogen) atoms. The number of ether oxygens (including phenoxy) is 2. The highest BCUT2D eigenvalue weighted by Gasteiger charge is 2.17. The molecule has 1 unspecified atom stereocenters. The molecule has 0 amide bonds. The van der Waals surface area contributed by atoms with Crippen molar-refractivity contribution in [1.82, 2.24) is 4.98 Å². The molecule has 0 saturated carbocycles. The summed E-state index contributed by atoms with van der Waals surface area (Å²) in [5, 5.41) is 10.4. The minimum Gasteiger partial charge on any atom is -0.486 e. The molecule has 1 aromatic carbocycles. The molecular weight excluding hydrogens is 242 g/mol. The van der Waals surface area contributed by atoms with E-state index in [0.717, 1.165) is 17.0 Å². The van der Waals surface area contributed by atoms with Crippen LogP contribution in [0.3, 0.4) is 0 Å². The number of benzene rings is 1. The minimum absolute atomic E-state index is 0.537. The van der Waals surface area contributed by atoms with Crippen LogP contribution in [0.4, 0.5) is 0 Å². The van der Waals surface area contributed by atoms with Crippen molar-refractivity contribution in [2.45, 2.75) is 13.0 Å². The molecule has 0 bridgehead atoms. The van der Waals surface area contributed by atoms with Gasteiger partial charge in [-0.3, -0.25) is 4.98 Å². The molecular formula is C15H15NO3. The van der Waals surface area contributed by atoms with Crippen molar-refractivity contribution in [1.29, 1.82) is 0 Å². The van der Waals surface area contributed by atoms with Gasteiger partial charge in [-0.15, -0.1) is 0 Å². The van der Waals surface area contributed by atoms with Gasteiger partial charge in [0.25, 0.3) is 0 Å². The lowest BCUT2D eigenvalue weighted by Crippen LogP contribution is -2.15. The van der Waals surface area contributed by atoms with Gasteiger partial charge < -0.3 is 14.6 Å². The molecule has 0 aliphatic carbocycles. The first kappa shape index (κ1) is 12.0. The van der Waals surface area contributed by atoms with Crippen LogP contribution in [0.25, 0.3) is 0 Å². The van der Waals surface area contributed by atoms with Crippen LogP contribution < -0.4 is 9.47 Å². The Morgan fingerprint density at radius 3 is 2.68 bits per heavy atom. The zero-order chi connectivity index (χ0) is 13.2. The van der Waals surface area contributed by atoms with E-state index in [4.69, 9.17) is 9.47 Å². The zero-order valence-corrected chi connectivity index (χ0v) is 10.7. The lowest BCUT2D eigenvalue weighted by molar-refractivity contribution is 0.169. The van der Waals surface area contributed by atoms with Gasteiger partial charge in [-0.2, -0.15) is 0 Å². The number of aryl methyl sites for hydroxylation is 1. The van der Waals surface area contributed by atoms with Crippen molar-refractivity contribution in [3.8, 4) is 11.5 Å². The summed E-state index contributed by atoms with van der Waals surface area (Å²) in [5.74, 6) is 1.40. The molecule has 0 saturated heterocycles. The van der Waals surface area contributed by atoms with Crippen LogP contribution in [0.5, 0.6) is 11.5 Å². The molecule has 0 fully saturated rings. The SMILES string of the molecule is Cc1cccc(C(O)c2ccc3c(c2)OCCO3)n1. The summed E-state index contributed by atoms with van der Waals surface area (Å²) < 4.78 is 11.0. The molecule has 1 aliphatic heterocycles. The third-order valence-corrected chi connectivity index (χ3v) is 3.07. The highest BCUT2D eigenvalue weighted by molar-refractivity contribution is 5.45. The predicted molar refractivity (Wildman–Crippen MR) is 70.5 cm³/mol. The predicted octanol–water partition coefficient (Wildman–Crippen LogP) is 2.24. The maximum absolute atomic E-state index is 10.4. The molecule has 0 spiro atoms. The van der Waals surface area contributed by atoms with E-state index in [2.05, 4.69) is 4.98 Å². The third-order valence-electron chi connectivity index (χ3n) is 3.07. The average Bonchev–Trinajstić information content (AvgIpc) is 2.46. The van der Waals surface area contributed by atoms with Gasteiger partial charge in [0.1, 0.15) is 19.3 Å². The first-order valence-electron chi connectivity index (χ1n) is 6.25. The van der Waals surface area contributed by atoms with Crippen molar-refractivity contribution in [3.63, 3.8) is 0 Å². The molecule has 2 heterocycles. The molecule has 98 valence electrons. The Morgan fingerprint density at radius 1 is 1.11 bits per heavy atom. The van der Waals surface area contributed by atoms with Crippen LogP contribution in [0, 0.1) is 6.92 Å². The highest BCUT2D eigenvalue weighted by Crippen LogP contribution is 2.33. The summed E-state index contributed by atoms with van der Waals surface area (Å²) in [6.45, 7) is 3.00. The van der Waals surface area contributed by atoms with E-state index in [9.17, 15) is 5.11 Å². The lowest BCUT2D eigenvalue weighted by Gasteiger charge is -2.20. The van der Waals surface area contributed by atoms with Gasteiger partial charge in [0.15, 0.2) is 11.5 Å². The number of fused-ring (bicyclic) bond motifs is 1. The summed E-state index contributed by atoms with van der Waals surface area (Å²) in [6, 6.07) is 11.1. The summed E-state index contributed by atoms with van der Waals surface area (Å²) in [7, 11) is 0. The number of aliphatic hydroxyl groups is 1. The van der Waals surface area contributed by atoms with E-state index in [1.807, 2.05) is 43.3 Å². The van der Waals surface area contributed by atoms with Gasteiger partial charge in [0.2, 0.25) is 0 Å². The monoisotopic (exact) mass is 257 g/mol. The van der Waals surface area contributed by atoms with E-state index < -0.39 is 6.10 Å². The quantitative estimate of drug-likeness (QED) is 0.896. The number of aliphatic hydroxyl groups excluding tert-OH is 1. The molecule has 4 nitrogen and oxygen atoms in total. The second-order valence-corrected chi connectivity index (χ2v) is 4.51. The maximum Gasteiger partial charge on any atom is 0.161 e. The standard InChI is InChI=1S/C15H15NO3/c1-10-3-2-4-12(16-10)15(17)11-5-6-13-14(9-11)19-8-7-18-13/h2-6,9,15,17H,7-8H2,1H3. The Kier molecular flexibility index (Phi) is 3.09. The zero-order valence-electron chi connectivity index (χ0n) is 10.7. The van der Waals surface area contributed by atoms with E-state index in [1.165, 1.54) is 0 Å². The Hall–Kier alpha value is -2.07. The van der Waals surface area contributed by atoms with Crippen LogP contribution in [0.1, 0.15) is 23.1 Å². The van der Waals surface area contributed by atoms with Gasteiger partial charge in [0.05, 0.1) is 5.69 Å². The Balaban J connectivity index is 1.93. The Morgan fingerprint density at radius 2 is 1.89 bits per heavy atom. The van der Waals surface area contributed by atoms with Crippen molar-refractivity contribution >= 4 is 0 Å². The number of nitrogens with zero attached hydrogens (tertiary/aromatic N) is 1. The second kappa shape index (κ2) is 4.90.